The number of carboxylic acids is 1. The second kappa shape index (κ2) is 6.44. The lowest BCUT2D eigenvalue weighted by atomic mass is 9.97. The number of rotatable bonds is 3. The van der Waals surface area contributed by atoms with Crippen LogP contribution in [0.3, 0.4) is 0 Å². The van der Waals surface area contributed by atoms with Crippen LogP contribution in [0.1, 0.15) is 26.2 Å². The van der Waals surface area contributed by atoms with Crippen molar-refractivity contribution in [2.24, 2.45) is 5.92 Å². The fourth-order valence-corrected chi connectivity index (χ4v) is 4.08. The van der Waals surface area contributed by atoms with Crippen molar-refractivity contribution in [3.8, 4) is 11.5 Å². The predicted molar refractivity (Wildman–Crippen MR) is 94.9 cm³/mol. The summed E-state index contributed by atoms with van der Waals surface area (Å²) in [4.78, 5) is 40.1. The van der Waals surface area contributed by atoms with Crippen LogP contribution in [0.2, 0.25) is 0 Å². The van der Waals surface area contributed by atoms with Crippen molar-refractivity contribution in [1.29, 1.82) is 0 Å². The molecule has 1 N–H and O–H groups in total. The molecular weight excluding hydrogens is 352 g/mol. The SMILES string of the molecule is CC1(C(=O)O)CCCN1C(=O)C1CC(=O)N(c2ccc3c(c2)OCCO3)C1. The Morgan fingerprint density at radius 3 is 2.70 bits per heavy atom. The van der Waals surface area contributed by atoms with E-state index < -0.39 is 17.4 Å². The van der Waals surface area contributed by atoms with Gasteiger partial charge in [-0.25, -0.2) is 4.79 Å². The van der Waals surface area contributed by atoms with Gasteiger partial charge in [0.2, 0.25) is 11.8 Å². The zero-order chi connectivity index (χ0) is 19.2. The predicted octanol–water partition coefficient (Wildman–Crippen LogP) is 1.28. The smallest absolute Gasteiger partial charge is 0.329 e. The van der Waals surface area contributed by atoms with Gasteiger partial charge in [-0.15, -0.1) is 0 Å². The summed E-state index contributed by atoms with van der Waals surface area (Å²) in [5, 5.41) is 9.53. The van der Waals surface area contributed by atoms with Gasteiger partial charge in [-0.05, 0) is 31.9 Å². The lowest BCUT2D eigenvalue weighted by Crippen LogP contribution is -2.52. The molecule has 27 heavy (non-hydrogen) atoms. The van der Waals surface area contributed by atoms with Crippen LogP contribution in [0.4, 0.5) is 5.69 Å². The van der Waals surface area contributed by atoms with Gasteiger partial charge in [0.25, 0.3) is 0 Å². The Labute approximate surface area is 156 Å². The molecule has 144 valence electrons. The number of carboxylic acid groups (broad SMARTS) is 1. The molecule has 3 aliphatic heterocycles. The fourth-order valence-electron chi connectivity index (χ4n) is 4.08. The van der Waals surface area contributed by atoms with Gasteiger partial charge in [0.05, 0.1) is 5.92 Å². The van der Waals surface area contributed by atoms with Gasteiger partial charge in [0.1, 0.15) is 18.8 Å². The Morgan fingerprint density at radius 1 is 1.22 bits per heavy atom. The molecule has 0 aliphatic carbocycles. The average molecular weight is 374 g/mol. The average Bonchev–Trinajstić information content (AvgIpc) is 3.25. The second-order valence-electron chi connectivity index (χ2n) is 7.41. The van der Waals surface area contributed by atoms with E-state index in [0.717, 1.165) is 0 Å². The first-order valence-corrected chi connectivity index (χ1v) is 9.15. The number of hydrogen-bond donors (Lipinski definition) is 1. The van der Waals surface area contributed by atoms with E-state index >= 15 is 0 Å². The molecule has 1 aromatic rings. The molecule has 1 aromatic carbocycles. The molecular formula is C19H22N2O6. The first-order chi connectivity index (χ1) is 12.9. The number of ether oxygens (including phenoxy) is 2. The highest BCUT2D eigenvalue weighted by Gasteiger charge is 2.49. The second-order valence-corrected chi connectivity index (χ2v) is 7.41. The molecule has 0 spiro atoms. The zero-order valence-electron chi connectivity index (χ0n) is 15.1. The maximum atomic E-state index is 13.0. The Balaban J connectivity index is 1.52. The molecule has 0 saturated carbocycles. The summed E-state index contributed by atoms with van der Waals surface area (Å²) in [6, 6.07) is 5.28. The summed E-state index contributed by atoms with van der Waals surface area (Å²) in [5.41, 5.74) is -0.535. The summed E-state index contributed by atoms with van der Waals surface area (Å²) in [5.74, 6) is -0.728. The maximum absolute atomic E-state index is 13.0. The van der Waals surface area contributed by atoms with Gasteiger partial charge < -0.3 is 24.4 Å². The van der Waals surface area contributed by atoms with E-state index in [1.807, 2.05) is 0 Å². The fraction of sp³-hybridized carbons (Fsp3) is 0.526. The summed E-state index contributed by atoms with van der Waals surface area (Å²) < 4.78 is 11.1. The standard InChI is InChI=1S/C19H22N2O6/c1-19(18(24)25)5-2-6-21(19)17(23)12-9-16(22)20(11-12)13-3-4-14-15(10-13)27-8-7-26-14/h3-4,10,12H,2,5-9,11H2,1H3,(H,24,25). The summed E-state index contributed by atoms with van der Waals surface area (Å²) in [7, 11) is 0. The number of amides is 2. The lowest BCUT2D eigenvalue weighted by molar-refractivity contribution is -0.156. The van der Waals surface area contributed by atoms with Crippen molar-refractivity contribution in [3.05, 3.63) is 18.2 Å². The van der Waals surface area contributed by atoms with Crippen LogP contribution in [0.25, 0.3) is 0 Å². The number of aliphatic carboxylic acids is 1. The number of likely N-dealkylation sites (tertiary alicyclic amines) is 1. The summed E-state index contributed by atoms with van der Waals surface area (Å²) in [6.07, 6.45) is 1.17. The Morgan fingerprint density at radius 2 is 1.96 bits per heavy atom. The molecule has 8 heteroatoms. The molecule has 2 atom stereocenters. The Hall–Kier alpha value is -2.77. The number of fused-ring (bicyclic) bond motifs is 1. The van der Waals surface area contributed by atoms with E-state index in [4.69, 9.17) is 9.47 Å². The number of carbonyl (C=O) groups is 3. The van der Waals surface area contributed by atoms with Crippen LogP contribution in [0.15, 0.2) is 18.2 Å². The van der Waals surface area contributed by atoms with Gasteiger partial charge in [-0.2, -0.15) is 0 Å². The van der Waals surface area contributed by atoms with Crippen LogP contribution < -0.4 is 14.4 Å². The van der Waals surface area contributed by atoms with Crippen molar-refractivity contribution in [2.45, 2.75) is 31.7 Å². The number of anilines is 1. The van der Waals surface area contributed by atoms with Crippen LogP contribution in [0.5, 0.6) is 11.5 Å². The minimum absolute atomic E-state index is 0.0828. The monoisotopic (exact) mass is 374 g/mol. The van der Waals surface area contributed by atoms with E-state index in [9.17, 15) is 19.5 Å². The number of benzene rings is 1. The largest absolute Gasteiger partial charge is 0.486 e. The highest BCUT2D eigenvalue weighted by atomic mass is 16.6. The molecule has 2 unspecified atom stereocenters. The maximum Gasteiger partial charge on any atom is 0.329 e. The van der Waals surface area contributed by atoms with Crippen molar-refractivity contribution in [1.82, 2.24) is 4.90 Å². The van der Waals surface area contributed by atoms with Crippen molar-refractivity contribution in [3.63, 3.8) is 0 Å². The van der Waals surface area contributed by atoms with E-state index in [1.54, 1.807) is 30.0 Å². The van der Waals surface area contributed by atoms with Crippen LogP contribution in [0, 0.1) is 5.92 Å². The van der Waals surface area contributed by atoms with Crippen molar-refractivity contribution < 1.29 is 29.0 Å². The lowest BCUT2D eigenvalue weighted by Gasteiger charge is -2.33. The summed E-state index contributed by atoms with van der Waals surface area (Å²) in [6.45, 7) is 3.17. The molecule has 2 saturated heterocycles. The highest BCUT2D eigenvalue weighted by molar-refractivity contribution is 6.01. The minimum atomic E-state index is -1.19. The normalized spacial score (nSPS) is 27.1. The molecule has 8 nitrogen and oxygen atoms in total. The van der Waals surface area contributed by atoms with Gasteiger partial charge in [-0.1, -0.05) is 0 Å². The molecule has 2 amide bonds. The van der Waals surface area contributed by atoms with Crippen molar-refractivity contribution in [2.75, 3.05) is 31.2 Å². The van der Waals surface area contributed by atoms with Gasteiger partial charge in [0.15, 0.2) is 11.5 Å². The quantitative estimate of drug-likeness (QED) is 0.856. The number of hydrogen-bond acceptors (Lipinski definition) is 5. The zero-order valence-corrected chi connectivity index (χ0v) is 15.1. The van der Waals surface area contributed by atoms with Crippen LogP contribution in [-0.2, 0) is 14.4 Å². The molecule has 4 rings (SSSR count). The third-order valence-electron chi connectivity index (χ3n) is 5.68. The number of carbonyl (C=O) groups excluding carboxylic acids is 2. The molecule has 0 bridgehead atoms. The Kier molecular flexibility index (Phi) is 4.20. The molecule has 3 heterocycles. The van der Waals surface area contributed by atoms with Crippen LogP contribution >= 0.6 is 0 Å². The van der Waals surface area contributed by atoms with E-state index in [-0.39, 0.29) is 24.8 Å². The summed E-state index contributed by atoms with van der Waals surface area (Å²) >= 11 is 0. The van der Waals surface area contributed by atoms with Gasteiger partial charge in [0, 0.05) is 31.3 Å². The third-order valence-corrected chi connectivity index (χ3v) is 5.68. The topological polar surface area (TPSA) is 96.4 Å². The van der Waals surface area contributed by atoms with E-state index in [1.165, 1.54) is 4.90 Å². The van der Waals surface area contributed by atoms with Crippen LogP contribution in [-0.4, -0.2) is 59.6 Å². The van der Waals surface area contributed by atoms with Crippen molar-refractivity contribution >= 4 is 23.5 Å². The third kappa shape index (κ3) is 2.89. The minimum Gasteiger partial charge on any atom is -0.486 e. The first kappa shape index (κ1) is 17.6. The first-order valence-electron chi connectivity index (χ1n) is 9.15. The molecule has 2 fully saturated rings. The van der Waals surface area contributed by atoms with E-state index in [2.05, 4.69) is 0 Å². The molecule has 0 radical (unpaired) electrons. The van der Waals surface area contributed by atoms with Gasteiger partial charge >= 0.3 is 5.97 Å². The van der Waals surface area contributed by atoms with Gasteiger partial charge in [-0.3, -0.25) is 9.59 Å². The molecule has 0 aromatic heterocycles. The number of nitrogens with zero attached hydrogens (tertiary/aromatic N) is 2. The van der Waals surface area contributed by atoms with E-state index in [0.29, 0.717) is 49.8 Å². The molecule has 3 aliphatic rings. The Bertz CT molecular complexity index is 809. The highest BCUT2D eigenvalue weighted by Crippen LogP contribution is 2.37.